The Bertz CT molecular complexity index is 684. The van der Waals surface area contributed by atoms with Crippen molar-refractivity contribution in [1.29, 1.82) is 0 Å². The maximum absolute atomic E-state index is 14.2. The smallest absolute Gasteiger partial charge is 0.257 e. The van der Waals surface area contributed by atoms with Crippen molar-refractivity contribution < 1.29 is 23.9 Å². The Morgan fingerprint density at radius 3 is 2.29 bits per heavy atom. The van der Waals surface area contributed by atoms with Crippen molar-refractivity contribution in [2.24, 2.45) is 0 Å². The number of carbonyl (C=O) groups excluding carboxylic acids is 1. The number of hydroxylamine groups is 1. The van der Waals surface area contributed by atoms with Crippen LogP contribution < -0.4 is 5.48 Å². The second-order valence-electron chi connectivity index (χ2n) is 5.48. The standard InChI is InChI=1S/C17H18F2N2O3/c1-11-4-2-5-12(16(11)18)8-21(10-15(23)20-24)9-13-6-3-7-14(22)17(13)19/h2-7,22,24H,8-10H2,1H3,(H,20,23). The van der Waals surface area contributed by atoms with E-state index < -0.39 is 23.3 Å². The minimum atomic E-state index is -0.795. The summed E-state index contributed by atoms with van der Waals surface area (Å²) >= 11 is 0. The molecule has 0 aliphatic rings. The van der Waals surface area contributed by atoms with E-state index in [2.05, 4.69) is 0 Å². The zero-order chi connectivity index (χ0) is 17.7. The van der Waals surface area contributed by atoms with Crippen LogP contribution in [0.15, 0.2) is 36.4 Å². The molecule has 0 spiro atoms. The summed E-state index contributed by atoms with van der Waals surface area (Å²) in [4.78, 5) is 12.9. The molecule has 0 aliphatic carbocycles. The van der Waals surface area contributed by atoms with Crippen LogP contribution in [-0.2, 0) is 17.9 Å². The zero-order valence-corrected chi connectivity index (χ0v) is 13.1. The van der Waals surface area contributed by atoms with E-state index in [1.807, 2.05) is 0 Å². The number of carbonyl (C=O) groups is 1. The van der Waals surface area contributed by atoms with Crippen LogP contribution >= 0.6 is 0 Å². The number of nitrogens with zero attached hydrogens (tertiary/aromatic N) is 1. The van der Waals surface area contributed by atoms with Crippen molar-refractivity contribution in [3.8, 4) is 5.75 Å². The summed E-state index contributed by atoms with van der Waals surface area (Å²) in [6.07, 6.45) is 0. The third kappa shape index (κ3) is 4.27. The second-order valence-corrected chi connectivity index (χ2v) is 5.48. The van der Waals surface area contributed by atoms with Gasteiger partial charge in [-0.1, -0.05) is 30.3 Å². The normalized spacial score (nSPS) is 10.9. The minimum Gasteiger partial charge on any atom is -0.505 e. The molecule has 0 fully saturated rings. The first-order chi connectivity index (χ1) is 11.4. The van der Waals surface area contributed by atoms with Crippen LogP contribution in [0.25, 0.3) is 0 Å². The predicted molar refractivity (Wildman–Crippen MR) is 83.2 cm³/mol. The fraction of sp³-hybridized carbons (Fsp3) is 0.235. The van der Waals surface area contributed by atoms with Crippen molar-refractivity contribution in [2.45, 2.75) is 20.0 Å². The lowest BCUT2D eigenvalue weighted by Gasteiger charge is -2.22. The number of halogens is 2. The van der Waals surface area contributed by atoms with Crippen molar-refractivity contribution in [1.82, 2.24) is 10.4 Å². The van der Waals surface area contributed by atoms with Crippen LogP contribution in [0, 0.1) is 18.6 Å². The third-order valence-corrected chi connectivity index (χ3v) is 3.61. The molecule has 1 amide bonds. The van der Waals surface area contributed by atoms with Gasteiger partial charge in [0.05, 0.1) is 6.54 Å². The highest BCUT2D eigenvalue weighted by molar-refractivity contribution is 5.76. The lowest BCUT2D eigenvalue weighted by Crippen LogP contribution is -2.35. The fourth-order valence-corrected chi connectivity index (χ4v) is 2.41. The van der Waals surface area contributed by atoms with Gasteiger partial charge in [-0.05, 0) is 18.6 Å². The molecule has 0 saturated carbocycles. The number of hydrogen-bond acceptors (Lipinski definition) is 4. The number of hydrogen-bond donors (Lipinski definition) is 3. The van der Waals surface area contributed by atoms with Gasteiger partial charge < -0.3 is 5.11 Å². The molecule has 3 N–H and O–H groups in total. The summed E-state index contributed by atoms with van der Waals surface area (Å²) in [5, 5.41) is 18.1. The number of aromatic hydroxyl groups is 1. The van der Waals surface area contributed by atoms with Crippen molar-refractivity contribution >= 4 is 5.91 Å². The van der Waals surface area contributed by atoms with Gasteiger partial charge in [0.1, 0.15) is 5.82 Å². The van der Waals surface area contributed by atoms with E-state index in [0.29, 0.717) is 11.1 Å². The Morgan fingerprint density at radius 1 is 1.08 bits per heavy atom. The summed E-state index contributed by atoms with van der Waals surface area (Å²) in [6, 6.07) is 9.04. The maximum atomic E-state index is 14.2. The molecular formula is C17H18F2N2O3. The van der Waals surface area contributed by atoms with Crippen molar-refractivity contribution in [3.05, 3.63) is 64.7 Å². The van der Waals surface area contributed by atoms with Crippen LogP contribution in [0.5, 0.6) is 5.75 Å². The fourth-order valence-electron chi connectivity index (χ4n) is 2.41. The van der Waals surface area contributed by atoms with Gasteiger partial charge in [-0.3, -0.25) is 14.9 Å². The number of benzene rings is 2. The summed E-state index contributed by atoms with van der Waals surface area (Å²) < 4.78 is 28.1. The Balaban J connectivity index is 2.26. The molecule has 7 heteroatoms. The van der Waals surface area contributed by atoms with E-state index in [1.54, 1.807) is 25.1 Å². The number of amides is 1. The lowest BCUT2D eigenvalue weighted by atomic mass is 10.1. The molecule has 2 aromatic carbocycles. The molecule has 24 heavy (non-hydrogen) atoms. The molecule has 0 atom stereocenters. The number of aryl methyl sites for hydroxylation is 1. The van der Waals surface area contributed by atoms with E-state index in [0.717, 1.165) is 0 Å². The van der Waals surface area contributed by atoms with Crippen molar-refractivity contribution in [2.75, 3.05) is 6.54 Å². The molecule has 128 valence electrons. The van der Waals surface area contributed by atoms with Gasteiger partial charge in [0.2, 0.25) is 0 Å². The highest BCUT2D eigenvalue weighted by Gasteiger charge is 2.17. The first kappa shape index (κ1) is 17.8. The molecule has 0 unspecified atom stereocenters. The van der Waals surface area contributed by atoms with Crippen molar-refractivity contribution in [3.63, 3.8) is 0 Å². The number of rotatable bonds is 6. The van der Waals surface area contributed by atoms with Gasteiger partial charge in [-0.2, -0.15) is 0 Å². The van der Waals surface area contributed by atoms with Gasteiger partial charge >= 0.3 is 0 Å². The van der Waals surface area contributed by atoms with Crippen LogP contribution in [0.2, 0.25) is 0 Å². The maximum Gasteiger partial charge on any atom is 0.257 e. The Hall–Kier alpha value is -2.51. The SMILES string of the molecule is Cc1cccc(CN(CC(=O)NO)Cc2cccc(O)c2F)c1F. The predicted octanol–water partition coefficient (Wildman–Crippen LogP) is 2.49. The summed E-state index contributed by atoms with van der Waals surface area (Å²) in [7, 11) is 0. The van der Waals surface area contributed by atoms with Gasteiger partial charge in [0.25, 0.3) is 5.91 Å². The van der Waals surface area contributed by atoms with Gasteiger partial charge in [-0.25, -0.2) is 14.3 Å². The minimum absolute atomic E-state index is 0.0377. The largest absolute Gasteiger partial charge is 0.505 e. The van der Waals surface area contributed by atoms with Gasteiger partial charge in [-0.15, -0.1) is 0 Å². The van der Waals surface area contributed by atoms with E-state index in [9.17, 15) is 18.7 Å². The highest BCUT2D eigenvalue weighted by Crippen LogP contribution is 2.21. The second kappa shape index (κ2) is 7.85. The summed E-state index contributed by atoms with van der Waals surface area (Å²) in [6.45, 7) is 1.36. The van der Waals surface area contributed by atoms with Gasteiger partial charge in [0, 0.05) is 24.2 Å². The lowest BCUT2D eigenvalue weighted by molar-refractivity contribution is -0.130. The number of nitrogens with one attached hydrogen (secondary N) is 1. The Labute approximate surface area is 138 Å². The quantitative estimate of drug-likeness (QED) is 0.560. The molecule has 0 radical (unpaired) electrons. The van der Waals surface area contributed by atoms with E-state index in [4.69, 9.17) is 5.21 Å². The molecular weight excluding hydrogens is 318 g/mol. The Morgan fingerprint density at radius 2 is 1.67 bits per heavy atom. The molecule has 0 saturated heterocycles. The number of phenolic OH excluding ortho intramolecular Hbond substituents is 1. The molecule has 0 aliphatic heterocycles. The molecule has 0 heterocycles. The molecule has 5 nitrogen and oxygen atoms in total. The van der Waals surface area contributed by atoms with Crippen LogP contribution in [-0.4, -0.2) is 27.7 Å². The first-order valence-electron chi connectivity index (χ1n) is 7.28. The first-order valence-corrected chi connectivity index (χ1v) is 7.28. The Kier molecular flexibility index (Phi) is 5.83. The van der Waals surface area contributed by atoms with Gasteiger partial charge in [0.15, 0.2) is 11.6 Å². The average Bonchev–Trinajstić information content (AvgIpc) is 2.56. The summed E-state index contributed by atoms with van der Waals surface area (Å²) in [5.74, 6) is -2.40. The highest BCUT2D eigenvalue weighted by atomic mass is 19.1. The summed E-state index contributed by atoms with van der Waals surface area (Å²) in [5.41, 5.74) is 2.47. The molecule has 2 rings (SSSR count). The van der Waals surface area contributed by atoms with Crippen LogP contribution in [0.1, 0.15) is 16.7 Å². The monoisotopic (exact) mass is 336 g/mol. The van der Waals surface area contributed by atoms with E-state index in [-0.39, 0.29) is 25.2 Å². The van der Waals surface area contributed by atoms with Crippen LogP contribution in [0.4, 0.5) is 8.78 Å². The van der Waals surface area contributed by atoms with E-state index >= 15 is 0 Å². The number of phenols is 1. The van der Waals surface area contributed by atoms with E-state index in [1.165, 1.54) is 28.6 Å². The molecule has 2 aromatic rings. The topological polar surface area (TPSA) is 72.8 Å². The third-order valence-electron chi connectivity index (χ3n) is 3.61. The average molecular weight is 336 g/mol. The molecule has 0 bridgehead atoms. The zero-order valence-electron chi connectivity index (χ0n) is 13.1. The molecule has 0 aromatic heterocycles. The van der Waals surface area contributed by atoms with Crippen LogP contribution in [0.3, 0.4) is 0 Å².